The van der Waals surface area contributed by atoms with Crippen molar-refractivity contribution in [2.75, 3.05) is 7.05 Å². The summed E-state index contributed by atoms with van der Waals surface area (Å²) in [5, 5.41) is 3.92. The minimum absolute atomic E-state index is 0.199. The van der Waals surface area contributed by atoms with Gasteiger partial charge in [0, 0.05) is 23.9 Å². The number of hydrazine groups is 1. The fourth-order valence-electron chi connectivity index (χ4n) is 3.72. The Morgan fingerprint density at radius 3 is 2.54 bits per heavy atom. The van der Waals surface area contributed by atoms with Gasteiger partial charge in [0.15, 0.2) is 11.6 Å². The number of halogens is 2. The quantitative estimate of drug-likeness (QED) is 0.913. The Hall–Kier alpha value is -2.14. The Labute approximate surface area is 141 Å². The normalized spacial score (nSPS) is 20.5. The smallest absolute Gasteiger partial charge is 0.163 e. The number of allylic oxidation sites excluding steroid dienone is 1. The van der Waals surface area contributed by atoms with Crippen LogP contribution in [0, 0.1) is 11.6 Å². The van der Waals surface area contributed by atoms with Gasteiger partial charge in [0.05, 0.1) is 17.8 Å². The van der Waals surface area contributed by atoms with E-state index in [1.165, 1.54) is 6.07 Å². The molecule has 0 saturated heterocycles. The molecule has 1 heterocycles. The van der Waals surface area contributed by atoms with Crippen molar-refractivity contribution in [3.63, 3.8) is 0 Å². The van der Waals surface area contributed by atoms with Crippen molar-refractivity contribution < 1.29 is 8.78 Å². The summed E-state index contributed by atoms with van der Waals surface area (Å²) in [5.74, 6) is -1.66. The standard InChI is InChI=1S/C19H23F2N3/c1-12(2)16-13(3)24(11-14-7-5-8-15(20)17(14)21)23(4)19(18(16)22)9-6-10-19/h5,7-8H,1,3,6,9-11,22H2,2,4H3. The van der Waals surface area contributed by atoms with E-state index in [-0.39, 0.29) is 12.1 Å². The molecule has 0 aromatic heterocycles. The molecule has 0 atom stereocenters. The molecule has 128 valence electrons. The van der Waals surface area contributed by atoms with Crippen molar-refractivity contribution >= 4 is 0 Å². The number of likely N-dealkylation sites (N-methyl/N-ethyl adjacent to an activating group) is 1. The molecule has 3 nitrogen and oxygen atoms in total. The first-order chi connectivity index (χ1) is 11.3. The third-order valence-corrected chi connectivity index (χ3v) is 5.31. The van der Waals surface area contributed by atoms with Gasteiger partial charge in [-0.25, -0.2) is 13.8 Å². The molecule has 1 aliphatic heterocycles. The number of benzene rings is 1. The number of nitrogens with two attached hydrogens (primary N) is 1. The highest BCUT2D eigenvalue weighted by molar-refractivity contribution is 5.51. The zero-order valence-corrected chi connectivity index (χ0v) is 14.2. The monoisotopic (exact) mass is 331 g/mol. The summed E-state index contributed by atoms with van der Waals surface area (Å²) in [6.45, 7) is 10.3. The van der Waals surface area contributed by atoms with E-state index in [0.29, 0.717) is 11.3 Å². The molecule has 2 aliphatic rings. The molecule has 1 aromatic rings. The summed E-state index contributed by atoms with van der Waals surface area (Å²) in [6.07, 6.45) is 2.95. The second-order valence-electron chi connectivity index (χ2n) is 6.70. The average molecular weight is 331 g/mol. The molecular weight excluding hydrogens is 308 g/mol. The summed E-state index contributed by atoms with van der Waals surface area (Å²) >= 11 is 0. The van der Waals surface area contributed by atoms with E-state index < -0.39 is 11.6 Å². The predicted octanol–water partition coefficient (Wildman–Crippen LogP) is 3.85. The third kappa shape index (κ3) is 2.26. The molecule has 0 amide bonds. The van der Waals surface area contributed by atoms with Gasteiger partial charge in [-0.05, 0) is 37.8 Å². The summed E-state index contributed by atoms with van der Waals surface area (Å²) in [6, 6.07) is 4.23. The Bertz CT molecular complexity index is 747. The van der Waals surface area contributed by atoms with Gasteiger partial charge in [-0.1, -0.05) is 25.3 Å². The zero-order valence-electron chi connectivity index (χ0n) is 14.2. The minimum atomic E-state index is -0.841. The fraction of sp³-hybridized carbons (Fsp3) is 0.368. The molecule has 1 spiro atoms. The van der Waals surface area contributed by atoms with Gasteiger partial charge in [0.1, 0.15) is 0 Å². The van der Waals surface area contributed by atoms with Crippen molar-refractivity contribution in [3.8, 4) is 0 Å². The number of rotatable bonds is 3. The molecule has 1 fully saturated rings. The van der Waals surface area contributed by atoms with Crippen LogP contribution in [0.2, 0.25) is 0 Å². The average Bonchev–Trinajstić information content (AvgIpc) is 2.46. The first kappa shape index (κ1) is 16.7. The SMILES string of the molecule is C=C(C)C1=C(N)C2(CCC2)N(C)N(Cc2cccc(F)c2F)C1=C. The van der Waals surface area contributed by atoms with E-state index in [1.807, 2.05) is 24.0 Å². The van der Waals surface area contributed by atoms with Gasteiger partial charge in [0.25, 0.3) is 0 Å². The summed E-state index contributed by atoms with van der Waals surface area (Å²) < 4.78 is 27.7. The van der Waals surface area contributed by atoms with Gasteiger partial charge in [-0.15, -0.1) is 0 Å². The maximum absolute atomic E-state index is 14.1. The van der Waals surface area contributed by atoms with E-state index in [4.69, 9.17) is 5.73 Å². The first-order valence-corrected chi connectivity index (χ1v) is 8.09. The molecule has 3 rings (SSSR count). The van der Waals surface area contributed by atoms with Crippen LogP contribution in [0.1, 0.15) is 31.7 Å². The van der Waals surface area contributed by atoms with Crippen LogP contribution in [-0.2, 0) is 6.54 Å². The molecule has 24 heavy (non-hydrogen) atoms. The van der Waals surface area contributed by atoms with Crippen molar-refractivity contribution in [1.29, 1.82) is 0 Å². The Morgan fingerprint density at radius 2 is 2.00 bits per heavy atom. The summed E-state index contributed by atoms with van der Waals surface area (Å²) in [7, 11) is 1.93. The van der Waals surface area contributed by atoms with Crippen LogP contribution in [0.3, 0.4) is 0 Å². The van der Waals surface area contributed by atoms with E-state index in [9.17, 15) is 8.78 Å². The Morgan fingerprint density at radius 1 is 1.33 bits per heavy atom. The van der Waals surface area contributed by atoms with E-state index in [1.54, 1.807) is 6.07 Å². The zero-order chi connectivity index (χ0) is 17.6. The number of hydrogen-bond acceptors (Lipinski definition) is 3. The maximum atomic E-state index is 14.1. The van der Waals surface area contributed by atoms with Crippen molar-refractivity contribution in [1.82, 2.24) is 10.0 Å². The molecule has 0 unspecified atom stereocenters. The second-order valence-corrected chi connectivity index (χ2v) is 6.70. The van der Waals surface area contributed by atoms with Crippen LogP contribution in [0.5, 0.6) is 0 Å². The minimum Gasteiger partial charge on any atom is -0.400 e. The fourth-order valence-corrected chi connectivity index (χ4v) is 3.72. The van der Waals surface area contributed by atoms with Crippen LogP contribution in [-0.4, -0.2) is 22.6 Å². The molecular formula is C19H23F2N3. The van der Waals surface area contributed by atoms with E-state index >= 15 is 0 Å². The lowest BCUT2D eigenvalue weighted by Crippen LogP contribution is -2.64. The molecule has 1 aliphatic carbocycles. The Balaban J connectivity index is 2.04. The topological polar surface area (TPSA) is 32.5 Å². The molecule has 0 bridgehead atoms. The highest BCUT2D eigenvalue weighted by Crippen LogP contribution is 2.48. The summed E-state index contributed by atoms with van der Waals surface area (Å²) in [5.41, 5.74) is 9.60. The lowest BCUT2D eigenvalue weighted by atomic mass is 9.70. The first-order valence-electron chi connectivity index (χ1n) is 8.09. The van der Waals surface area contributed by atoms with Gasteiger partial charge < -0.3 is 10.7 Å². The van der Waals surface area contributed by atoms with Gasteiger partial charge in [-0.3, -0.25) is 0 Å². The van der Waals surface area contributed by atoms with Crippen LogP contribution in [0.4, 0.5) is 8.78 Å². The molecule has 0 radical (unpaired) electrons. The van der Waals surface area contributed by atoms with Crippen molar-refractivity contribution in [2.24, 2.45) is 5.73 Å². The van der Waals surface area contributed by atoms with Gasteiger partial charge in [0.2, 0.25) is 0 Å². The predicted molar refractivity (Wildman–Crippen MR) is 91.4 cm³/mol. The van der Waals surface area contributed by atoms with Crippen molar-refractivity contribution in [2.45, 2.75) is 38.3 Å². The van der Waals surface area contributed by atoms with Crippen molar-refractivity contribution in [3.05, 3.63) is 71.1 Å². The van der Waals surface area contributed by atoms with E-state index in [0.717, 1.165) is 42.2 Å². The lowest BCUT2D eigenvalue weighted by molar-refractivity contribution is -0.0971. The van der Waals surface area contributed by atoms with Gasteiger partial charge in [-0.2, -0.15) is 0 Å². The number of hydrogen-bond donors (Lipinski definition) is 1. The summed E-state index contributed by atoms with van der Waals surface area (Å²) in [4.78, 5) is 0. The highest BCUT2D eigenvalue weighted by atomic mass is 19.2. The van der Waals surface area contributed by atoms with Crippen LogP contribution >= 0.6 is 0 Å². The third-order valence-electron chi connectivity index (χ3n) is 5.31. The number of nitrogens with zero attached hydrogens (tertiary/aromatic N) is 2. The van der Waals surface area contributed by atoms with E-state index in [2.05, 4.69) is 13.2 Å². The highest BCUT2D eigenvalue weighted by Gasteiger charge is 2.50. The van der Waals surface area contributed by atoms with Crippen LogP contribution in [0.15, 0.2) is 53.9 Å². The van der Waals surface area contributed by atoms with Gasteiger partial charge >= 0.3 is 0 Å². The molecule has 2 N–H and O–H groups in total. The molecule has 5 heteroatoms. The Kier molecular flexibility index (Phi) is 4.00. The maximum Gasteiger partial charge on any atom is 0.163 e. The lowest BCUT2D eigenvalue weighted by Gasteiger charge is -2.57. The van der Waals surface area contributed by atoms with Crippen LogP contribution < -0.4 is 5.73 Å². The largest absolute Gasteiger partial charge is 0.400 e. The second kappa shape index (κ2) is 5.74. The molecule has 1 aromatic carbocycles. The molecule has 1 saturated carbocycles. The van der Waals surface area contributed by atoms with Crippen LogP contribution in [0.25, 0.3) is 0 Å².